The summed E-state index contributed by atoms with van der Waals surface area (Å²) in [5.74, 6) is 1.52. The second kappa shape index (κ2) is 13.0. The van der Waals surface area contributed by atoms with Gasteiger partial charge in [0, 0.05) is 52.4 Å². The minimum atomic E-state index is -4.11. The lowest BCUT2D eigenvalue weighted by molar-refractivity contribution is 0.264. The van der Waals surface area contributed by atoms with Gasteiger partial charge in [-0.05, 0) is 47.7 Å². The van der Waals surface area contributed by atoms with Crippen LogP contribution in [0.2, 0.25) is 5.02 Å². The van der Waals surface area contributed by atoms with Gasteiger partial charge in [0.05, 0.1) is 37.4 Å². The van der Waals surface area contributed by atoms with Gasteiger partial charge in [0.25, 0.3) is 10.1 Å². The first-order valence-corrected chi connectivity index (χ1v) is 15.2. The first kappa shape index (κ1) is 30.2. The van der Waals surface area contributed by atoms with E-state index in [0.29, 0.717) is 56.7 Å². The first-order chi connectivity index (χ1) is 20.6. The maximum absolute atomic E-state index is 11.2. The summed E-state index contributed by atoms with van der Waals surface area (Å²) in [4.78, 5) is 13.5. The Hall–Kier alpha value is -4.23. The summed E-state index contributed by atoms with van der Waals surface area (Å²) < 4.78 is 48.6. The highest BCUT2D eigenvalue weighted by Gasteiger charge is 2.16. The number of benzene rings is 2. The number of nitrogens with two attached hydrogens (primary N) is 1. The van der Waals surface area contributed by atoms with Crippen LogP contribution >= 0.6 is 11.6 Å². The predicted octanol–water partition coefficient (Wildman–Crippen LogP) is 4.57. The number of hydrogen-bond donors (Lipinski definition) is 3. The third-order valence-corrected chi connectivity index (χ3v) is 7.83. The van der Waals surface area contributed by atoms with E-state index in [1.165, 1.54) is 0 Å². The van der Waals surface area contributed by atoms with Gasteiger partial charge in [-0.3, -0.25) is 14.5 Å². The van der Waals surface area contributed by atoms with E-state index in [1.54, 1.807) is 44.9 Å². The molecule has 0 saturated heterocycles. The highest BCUT2D eigenvalue weighted by molar-refractivity contribution is 7.85. The topological polar surface area (TPSA) is 159 Å². The van der Waals surface area contributed by atoms with Crippen LogP contribution < -0.4 is 25.3 Å². The molecule has 2 aromatic carbocycles. The van der Waals surface area contributed by atoms with Gasteiger partial charge in [-0.1, -0.05) is 23.7 Å². The Morgan fingerprint density at radius 3 is 2.44 bits per heavy atom. The van der Waals surface area contributed by atoms with Crippen LogP contribution in [0.3, 0.4) is 0 Å². The molecule has 0 fully saturated rings. The standard InChI is InChI=1S/C30H30ClN5O6S/c1-40-28-12-24-23-11-26(36-30(32)25(23)16-35-27(24)13-29(28)41-2)19-10-22(15-33-14-19)42-17-21(34-7-8-43(37,38)39)9-18-3-5-20(31)6-4-18/h3-6,10-16,21,34H,7-9,17H2,1-2H3,(H2,32,36)(H,37,38,39). The maximum atomic E-state index is 11.2. The molecule has 3 aromatic heterocycles. The van der Waals surface area contributed by atoms with E-state index in [4.69, 9.17) is 36.1 Å². The molecule has 43 heavy (non-hydrogen) atoms. The van der Waals surface area contributed by atoms with Crippen LogP contribution in [0.15, 0.2) is 67.1 Å². The van der Waals surface area contributed by atoms with Crippen LogP contribution in [-0.2, 0) is 16.5 Å². The fourth-order valence-electron chi connectivity index (χ4n) is 4.73. The number of nitrogen functional groups attached to an aromatic ring is 1. The monoisotopic (exact) mass is 623 g/mol. The number of pyridine rings is 3. The Morgan fingerprint density at radius 2 is 1.72 bits per heavy atom. The Kier molecular flexibility index (Phi) is 9.11. The van der Waals surface area contributed by atoms with Crippen molar-refractivity contribution in [3.05, 3.63) is 77.7 Å². The Morgan fingerprint density at radius 1 is 0.977 bits per heavy atom. The van der Waals surface area contributed by atoms with Crippen LogP contribution in [0.1, 0.15) is 5.56 Å². The van der Waals surface area contributed by atoms with E-state index in [0.717, 1.165) is 16.3 Å². The molecule has 13 heteroatoms. The molecule has 224 valence electrons. The maximum Gasteiger partial charge on any atom is 0.266 e. The molecule has 4 N–H and O–H groups in total. The van der Waals surface area contributed by atoms with E-state index < -0.39 is 15.9 Å². The van der Waals surface area contributed by atoms with Crippen LogP contribution in [0, 0.1) is 0 Å². The van der Waals surface area contributed by atoms with Crippen molar-refractivity contribution in [1.82, 2.24) is 20.3 Å². The highest BCUT2D eigenvalue weighted by Crippen LogP contribution is 2.37. The van der Waals surface area contributed by atoms with Crippen molar-refractivity contribution in [2.45, 2.75) is 12.5 Å². The SMILES string of the molecule is COc1cc2ncc3c(N)nc(-c4cncc(OCC(Cc5ccc(Cl)cc5)NCCS(=O)(=O)O)c4)cc3c2cc1OC. The lowest BCUT2D eigenvalue weighted by atomic mass is 10.0. The number of methoxy groups -OCH3 is 2. The molecule has 1 atom stereocenters. The molecule has 0 radical (unpaired) electrons. The Balaban J connectivity index is 1.41. The average Bonchev–Trinajstić information content (AvgIpc) is 2.99. The van der Waals surface area contributed by atoms with Gasteiger partial charge in [-0.25, -0.2) is 4.98 Å². The normalized spacial score (nSPS) is 12.4. The minimum absolute atomic E-state index is 0.0541. The van der Waals surface area contributed by atoms with Gasteiger partial charge in [0.1, 0.15) is 18.2 Å². The number of nitrogens with zero attached hydrogens (tertiary/aromatic N) is 3. The molecule has 0 aliphatic heterocycles. The van der Waals surface area contributed by atoms with Gasteiger partial charge in [0.2, 0.25) is 0 Å². The van der Waals surface area contributed by atoms with Crippen LogP contribution in [0.5, 0.6) is 17.2 Å². The van der Waals surface area contributed by atoms with Gasteiger partial charge in [0.15, 0.2) is 11.5 Å². The van der Waals surface area contributed by atoms with Crippen LogP contribution in [0.25, 0.3) is 32.9 Å². The molecule has 1 unspecified atom stereocenters. The van der Waals surface area contributed by atoms with Gasteiger partial charge < -0.3 is 25.3 Å². The molecule has 11 nitrogen and oxygen atoms in total. The van der Waals surface area contributed by atoms with Crippen molar-refractivity contribution in [3.63, 3.8) is 0 Å². The molecule has 5 rings (SSSR count). The van der Waals surface area contributed by atoms with Crippen molar-refractivity contribution in [2.75, 3.05) is 38.9 Å². The summed E-state index contributed by atoms with van der Waals surface area (Å²) >= 11 is 6.02. The number of nitrogens with one attached hydrogen (secondary N) is 1. The fourth-order valence-corrected chi connectivity index (χ4v) is 5.23. The lowest BCUT2D eigenvalue weighted by Crippen LogP contribution is -2.39. The fraction of sp³-hybridized carbons (Fsp3) is 0.233. The largest absolute Gasteiger partial charge is 0.493 e. The summed E-state index contributed by atoms with van der Waals surface area (Å²) in [6, 6.07) is 14.5. The molecular weight excluding hydrogens is 594 g/mol. The molecule has 0 aliphatic carbocycles. The van der Waals surface area contributed by atoms with E-state index in [-0.39, 0.29) is 19.2 Å². The zero-order valence-corrected chi connectivity index (χ0v) is 25.0. The number of halogens is 1. The van der Waals surface area contributed by atoms with E-state index >= 15 is 0 Å². The van der Waals surface area contributed by atoms with Crippen molar-refractivity contribution in [2.24, 2.45) is 0 Å². The first-order valence-electron chi connectivity index (χ1n) is 13.3. The number of ether oxygens (including phenoxy) is 3. The van der Waals surface area contributed by atoms with Crippen molar-refractivity contribution in [1.29, 1.82) is 0 Å². The van der Waals surface area contributed by atoms with Crippen LogP contribution in [-0.4, -0.2) is 67.1 Å². The Bertz CT molecular complexity index is 1870. The minimum Gasteiger partial charge on any atom is -0.493 e. The Labute approximate surface area is 253 Å². The van der Waals surface area contributed by atoms with Gasteiger partial charge in [-0.15, -0.1) is 0 Å². The van der Waals surface area contributed by atoms with Crippen molar-refractivity contribution < 1.29 is 27.2 Å². The summed E-state index contributed by atoms with van der Waals surface area (Å²) in [5.41, 5.74) is 9.35. The number of aromatic nitrogens is 3. The van der Waals surface area contributed by atoms with E-state index in [9.17, 15) is 8.42 Å². The predicted molar refractivity (Wildman–Crippen MR) is 167 cm³/mol. The van der Waals surface area contributed by atoms with E-state index in [2.05, 4.69) is 20.3 Å². The number of fused-ring (bicyclic) bond motifs is 3. The quantitative estimate of drug-likeness (QED) is 0.132. The number of anilines is 1. The highest BCUT2D eigenvalue weighted by atomic mass is 35.5. The molecular formula is C30H30ClN5O6S. The summed E-state index contributed by atoms with van der Waals surface area (Å²) in [5, 5.41) is 6.13. The zero-order valence-electron chi connectivity index (χ0n) is 23.5. The second-order valence-corrected chi connectivity index (χ2v) is 11.8. The second-order valence-electron chi connectivity index (χ2n) is 9.82. The number of hydrogen-bond acceptors (Lipinski definition) is 10. The van der Waals surface area contributed by atoms with Crippen molar-refractivity contribution >= 4 is 49.2 Å². The summed E-state index contributed by atoms with van der Waals surface area (Å²) in [7, 11) is -0.961. The lowest BCUT2D eigenvalue weighted by Gasteiger charge is -2.19. The van der Waals surface area contributed by atoms with Gasteiger partial charge in [-0.2, -0.15) is 8.42 Å². The molecule has 5 aromatic rings. The third-order valence-electron chi connectivity index (χ3n) is 6.86. The van der Waals surface area contributed by atoms with E-state index in [1.807, 2.05) is 36.4 Å². The number of rotatable bonds is 12. The molecule has 0 aliphatic rings. The smallest absolute Gasteiger partial charge is 0.266 e. The summed E-state index contributed by atoms with van der Waals surface area (Å²) in [6.07, 6.45) is 5.47. The zero-order chi connectivity index (χ0) is 30.6. The van der Waals surface area contributed by atoms with Crippen LogP contribution in [0.4, 0.5) is 5.82 Å². The molecule has 0 spiro atoms. The third kappa shape index (κ3) is 7.41. The average molecular weight is 624 g/mol. The van der Waals surface area contributed by atoms with Crippen molar-refractivity contribution in [3.8, 4) is 28.5 Å². The van der Waals surface area contributed by atoms with Gasteiger partial charge >= 0.3 is 0 Å². The molecule has 0 bridgehead atoms. The molecule has 0 saturated carbocycles. The summed E-state index contributed by atoms with van der Waals surface area (Å²) in [6.45, 7) is 0.253. The molecule has 3 heterocycles. The molecule has 0 amide bonds.